The maximum absolute atomic E-state index is 7.25. The summed E-state index contributed by atoms with van der Waals surface area (Å²) in [6.45, 7) is 2.18. The molecule has 66 valence electrons. The van der Waals surface area contributed by atoms with Gasteiger partial charge in [-0.05, 0) is 31.5 Å². The van der Waals surface area contributed by atoms with E-state index in [1.165, 1.54) is 0 Å². The number of hydrogen-bond acceptors (Lipinski definition) is 2. The van der Waals surface area contributed by atoms with Gasteiger partial charge in [-0.25, -0.2) is 0 Å². The molecule has 0 aliphatic carbocycles. The van der Waals surface area contributed by atoms with Gasteiger partial charge in [0.05, 0.1) is 14.2 Å². The molecule has 0 unspecified atom stereocenters. The largest absolute Gasteiger partial charge is 0.496 e. The Morgan fingerprint density at radius 2 is 1.67 bits per heavy atom. The van der Waals surface area contributed by atoms with Gasteiger partial charge in [-0.3, -0.25) is 0 Å². The van der Waals surface area contributed by atoms with Gasteiger partial charge in [0.15, 0.2) is 0 Å². The lowest BCUT2D eigenvalue weighted by Gasteiger charge is -2.10. The van der Waals surface area contributed by atoms with E-state index >= 15 is 0 Å². The van der Waals surface area contributed by atoms with Crippen LogP contribution in [0.15, 0.2) is 12.1 Å². The molecule has 0 amide bonds. The molecule has 0 radical (unpaired) electrons. The van der Waals surface area contributed by atoms with Crippen molar-refractivity contribution < 1.29 is 10.8 Å². The molecule has 0 spiro atoms. The van der Waals surface area contributed by atoms with Crippen LogP contribution >= 0.6 is 0 Å². The van der Waals surface area contributed by atoms with Crippen LogP contribution in [0.5, 0.6) is 11.5 Å². The molecule has 1 aromatic carbocycles. The molecule has 2 heteroatoms. The first-order chi connectivity index (χ1) is 6.22. The van der Waals surface area contributed by atoms with Crippen LogP contribution in [0.3, 0.4) is 0 Å². The Balaban J connectivity index is 3.20. The standard InChI is InChI=1S/C10H14O2/c1-7-5-9(11-3)8(2)10(6-7)12-4/h5-6H,1-4H3/i1D. The molecule has 12 heavy (non-hydrogen) atoms. The fourth-order valence-corrected chi connectivity index (χ4v) is 1.14. The highest BCUT2D eigenvalue weighted by Crippen LogP contribution is 2.28. The van der Waals surface area contributed by atoms with Crippen LogP contribution in [0.2, 0.25) is 0 Å². The highest BCUT2D eigenvalue weighted by atomic mass is 16.5. The van der Waals surface area contributed by atoms with Crippen molar-refractivity contribution in [3.8, 4) is 11.5 Å². The zero-order chi connectivity index (χ0) is 9.84. The Morgan fingerprint density at radius 1 is 1.17 bits per heavy atom. The quantitative estimate of drug-likeness (QED) is 0.673. The number of rotatable bonds is 2. The normalized spacial score (nSPS) is 10.8. The Morgan fingerprint density at radius 3 is 2.00 bits per heavy atom. The molecular weight excluding hydrogens is 152 g/mol. The molecule has 0 atom stereocenters. The second kappa shape index (κ2) is 3.48. The van der Waals surface area contributed by atoms with E-state index in [1.54, 1.807) is 14.2 Å². The predicted molar refractivity (Wildman–Crippen MR) is 49.0 cm³/mol. The summed E-state index contributed by atoms with van der Waals surface area (Å²) in [6, 6.07) is 3.73. The van der Waals surface area contributed by atoms with Gasteiger partial charge in [0, 0.05) is 6.93 Å². The lowest BCUT2D eigenvalue weighted by Crippen LogP contribution is -1.93. The van der Waals surface area contributed by atoms with Gasteiger partial charge in [-0.15, -0.1) is 0 Å². The van der Waals surface area contributed by atoms with Gasteiger partial charge in [0.2, 0.25) is 0 Å². The number of hydrogen-bond donors (Lipinski definition) is 0. The third kappa shape index (κ3) is 1.52. The van der Waals surface area contributed by atoms with Crippen molar-refractivity contribution in [2.45, 2.75) is 13.8 Å². The zero-order valence-corrected chi connectivity index (χ0v) is 7.68. The fraction of sp³-hybridized carbons (Fsp3) is 0.400. The third-order valence-electron chi connectivity index (χ3n) is 1.81. The lowest BCUT2D eigenvalue weighted by molar-refractivity contribution is 0.388. The van der Waals surface area contributed by atoms with Gasteiger partial charge in [-0.2, -0.15) is 0 Å². The van der Waals surface area contributed by atoms with Crippen LogP contribution in [0.4, 0.5) is 0 Å². The minimum absolute atomic E-state index is 0.243. The molecule has 1 rings (SSSR count). The van der Waals surface area contributed by atoms with Gasteiger partial charge >= 0.3 is 0 Å². The molecule has 0 heterocycles. The van der Waals surface area contributed by atoms with Crippen LogP contribution in [-0.2, 0) is 0 Å². The van der Waals surface area contributed by atoms with Crippen molar-refractivity contribution in [2.75, 3.05) is 14.2 Å². The van der Waals surface area contributed by atoms with E-state index < -0.39 is 0 Å². The molecule has 0 saturated carbocycles. The number of aryl methyl sites for hydroxylation is 1. The topological polar surface area (TPSA) is 18.5 Å². The van der Waals surface area contributed by atoms with E-state index in [-0.39, 0.29) is 6.90 Å². The summed E-state index contributed by atoms with van der Waals surface area (Å²) in [4.78, 5) is 0. The maximum atomic E-state index is 7.25. The van der Waals surface area contributed by atoms with Gasteiger partial charge in [0.1, 0.15) is 11.5 Å². The lowest BCUT2D eigenvalue weighted by atomic mass is 10.1. The van der Waals surface area contributed by atoms with Crippen LogP contribution in [0.25, 0.3) is 0 Å². The Bertz CT molecular complexity index is 272. The summed E-state index contributed by atoms with van der Waals surface area (Å²) >= 11 is 0. The first-order valence-electron chi connectivity index (χ1n) is 4.44. The minimum atomic E-state index is 0.243. The molecular formula is C10H14O2. The van der Waals surface area contributed by atoms with Crippen LogP contribution in [0, 0.1) is 13.8 Å². The highest BCUT2D eigenvalue weighted by molar-refractivity contribution is 5.46. The summed E-state index contributed by atoms with van der Waals surface area (Å²) < 4.78 is 17.6. The van der Waals surface area contributed by atoms with E-state index in [1.807, 2.05) is 19.1 Å². The zero-order valence-electron chi connectivity index (χ0n) is 8.68. The summed E-state index contributed by atoms with van der Waals surface area (Å²) in [5.41, 5.74) is 1.88. The van der Waals surface area contributed by atoms with Crippen LogP contribution in [0.1, 0.15) is 12.5 Å². The average Bonchev–Trinajstić information content (AvgIpc) is 2.18. The van der Waals surface area contributed by atoms with E-state index in [0.717, 1.165) is 22.6 Å². The van der Waals surface area contributed by atoms with Crippen LogP contribution < -0.4 is 9.47 Å². The average molecular weight is 167 g/mol. The first-order valence-corrected chi connectivity index (χ1v) is 3.73. The van der Waals surface area contributed by atoms with Gasteiger partial charge in [0.25, 0.3) is 0 Å². The van der Waals surface area contributed by atoms with Crippen molar-refractivity contribution in [1.29, 1.82) is 0 Å². The Kier molecular flexibility index (Phi) is 2.16. The van der Waals surface area contributed by atoms with Crippen molar-refractivity contribution in [1.82, 2.24) is 0 Å². The molecule has 0 aliphatic heterocycles. The number of methoxy groups -OCH3 is 2. The summed E-state index contributed by atoms with van der Waals surface area (Å²) in [5.74, 6) is 1.56. The molecule has 2 nitrogen and oxygen atoms in total. The molecule has 0 aliphatic rings. The summed E-state index contributed by atoms with van der Waals surface area (Å²) in [7, 11) is 3.24. The van der Waals surface area contributed by atoms with E-state index in [0.29, 0.717) is 0 Å². The smallest absolute Gasteiger partial charge is 0.125 e. The van der Waals surface area contributed by atoms with Crippen molar-refractivity contribution in [3.63, 3.8) is 0 Å². The first kappa shape index (κ1) is 7.47. The van der Waals surface area contributed by atoms with Gasteiger partial charge < -0.3 is 9.47 Å². The molecule has 0 aromatic heterocycles. The van der Waals surface area contributed by atoms with E-state index in [2.05, 4.69) is 0 Å². The third-order valence-corrected chi connectivity index (χ3v) is 1.81. The fourth-order valence-electron chi connectivity index (χ4n) is 1.14. The summed E-state index contributed by atoms with van der Waals surface area (Å²) in [6.07, 6.45) is 0. The van der Waals surface area contributed by atoms with E-state index in [4.69, 9.17) is 10.8 Å². The Labute approximate surface area is 74.5 Å². The molecule has 0 N–H and O–H groups in total. The molecule has 1 aromatic rings. The van der Waals surface area contributed by atoms with E-state index in [9.17, 15) is 0 Å². The second-order valence-corrected chi connectivity index (χ2v) is 2.63. The van der Waals surface area contributed by atoms with Crippen LogP contribution in [-0.4, -0.2) is 14.2 Å². The number of benzene rings is 1. The number of ether oxygens (including phenoxy) is 2. The SMILES string of the molecule is [2H]Cc1cc(OC)c(C)c(OC)c1. The maximum Gasteiger partial charge on any atom is 0.125 e. The monoisotopic (exact) mass is 167 g/mol. The minimum Gasteiger partial charge on any atom is -0.496 e. The van der Waals surface area contributed by atoms with Crippen molar-refractivity contribution in [3.05, 3.63) is 23.3 Å². The molecule has 0 saturated heterocycles. The second-order valence-electron chi connectivity index (χ2n) is 2.63. The van der Waals surface area contributed by atoms with Crippen molar-refractivity contribution in [2.24, 2.45) is 0 Å². The summed E-state index contributed by atoms with van der Waals surface area (Å²) in [5, 5.41) is 0. The Hall–Kier alpha value is -1.18. The van der Waals surface area contributed by atoms with Crippen molar-refractivity contribution >= 4 is 0 Å². The predicted octanol–water partition coefficient (Wildman–Crippen LogP) is 2.32. The molecule has 0 fully saturated rings. The molecule has 0 bridgehead atoms. The van der Waals surface area contributed by atoms with Gasteiger partial charge in [-0.1, -0.05) is 0 Å². The highest BCUT2D eigenvalue weighted by Gasteiger charge is 2.05.